The first-order chi connectivity index (χ1) is 10.2. The average Bonchev–Trinajstić information content (AvgIpc) is 2.97. The summed E-state index contributed by atoms with van der Waals surface area (Å²) < 4.78 is 0. The van der Waals surface area contributed by atoms with Crippen LogP contribution in [0, 0.1) is 0 Å². The average molecular weight is 311 g/mol. The van der Waals surface area contributed by atoms with Crippen molar-refractivity contribution in [1.29, 1.82) is 0 Å². The highest BCUT2D eigenvalue weighted by Crippen LogP contribution is 2.17. The molecule has 1 rings (SSSR count). The van der Waals surface area contributed by atoms with Crippen molar-refractivity contribution in [2.45, 2.75) is 40.7 Å². The predicted octanol–water partition coefficient (Wildman–Crippen LogP) is 2.71. The Labute approximate surface area is 133 Å². The van der Waals surface area contributed by atoms with Crippen molar-refractivity contribution in [2.24, 2.45) is 4.99 Å². The van der Waals surface area contributed by atoms with Crippen molar-refractivity contribution in [3.63, 3.8) is 0 Å². The fourth-order valence-electron chi connectivity index (χ4n) is 2.07. The molecule has 0 aliphatic rings. The van der Waals surface area contributed by atoms with E-state index in [0.29, 0.717) is 0 Å². The summed E-state index contributed by atoms with van der Waals surface area (Å²) in [6.45, 7) is 14.5. The number of guanidine groups is 1. The maximum Gasteiger partial charge on any atom is 0.191 e. The van der Waals surface area contributed by atoms with E-state index >= 15 is 0 Å². The minimum absolute atomic E-state index is 0.755. The molecule has 0 fully saturated rings. The van der Waals surface area contributed by atoms with Crippen molar-refractivity contribution >= 4 is 17.3 Å². The topological polar surface area (TPSA) is 39.7 Å². The molecule has 1 aromatic rings. The fourth-order valence-corrected chi connectivity index (χ4v) is 2.95. The Kier molecular flexibility index (Phi) is 9.10. The standard InChI is InChI=1S/C16H30N4S/c1-5-14-9-10-15(21-14)13-19-16(17-6-2)18-11-12-20(7-3)8-4/h9-10H,5-8,11-13H2,1-4H3,(H2,17,18,19). The van der Waals surface area contributed by atoms with Crippen LogP contribution in [0.2, 0.25) is 0 Å². The van der Waals surface area contributed by atoms with Crippen LogP contribution >= 0.6 is 11.3 Å². The molecule has 0 amide bonds. The molecule has 0 unspecified atom stereocenters. The maximum atomic E-state index is 4.67. The number of likely N-dealkylation sites (N-methyl/N-ethyl adjacent to an activating group) is 1. The Morgan fingerprint density at radius 2 is 1.81 bits per heavy atom. The van der Waals surface area contributed by atoms with Crippen LogP contribution in [0.5, 0.6) is 0 Å². The SMILES string of the molecule is CCNC(=NCc1ccc(CC)s1)NCCN(CC)CC. The summed E-state index contributed by atoms with van der Waals surface area (Å²) in [6.07, 6.45) is 1.11. The molecule has 0 atom stereocenters. The number of aliphatic imine (C=N–C) groups is 1. The van der Waals surface area contributed by atoms with E-state index in [4.69, 9.17) is 0 Å². The van der Waals surface area contributed by atoms with E-state index in [1.165, 1.54) is 9.75 Å². The summed E-state index contributed by atoms with van der Waals surface area (Å²) in [5, 5.41) is 6.72. The molecular formula is C16H30N4S. The van der Waals surface area contributed by atoms with Crippen LogP contribution in [0.3, 0.4) is 0 Å². The van der Waals surface area contributed by atoms with Gasteiger partial charge >= 0.3 is 0 Å². The van der Waals surface area contributed by atoms with Gasteiger partial charge in [-0.2, -0.15) is 0 Å². The molecule has 1 aromatic heterocycles. The van der Waals surface area contributed by atoms with Gasteiger partial charge in [-0.25, -0.2) is 4.99 Å². The number of nitrogens with one attached hydrogen (secondary N) is 2. The molecule has 5 heteroatoms. The fraction of sp³-hybridized carbons (Fsp3) is 0.688. The summed E-state index contributed by atoms with van der Waals surface area (Å²) >= 11 is 1.86. The Bertz CT molecular complexity index is 410. The molecule has 21 heavy (non-hydrogen) atoms. The third kappa shape index (κ3) is 6.96. The van der Waals surface area contributed by atoms with Gasteiger partial charge in [0, 0.05) is 29.4 Å². The molecule has 0 radical (unpaired) electrons. The van der Waals surface area contributed by atoms with Gasteiger partial charge in [-0.1, -0.05) is 20.8 Å². The van der Waals surface area contributed by atoms with Crippen molar-refractivity contribution in [3.05, 3.63) is 21.9 Å². The number of rotatable bonds is 9. The second-order valence-electron chi connectivity index (χ2n) is 4.87. The quantitative estimate of drug-likeness (QED) is 0.544. The molecule has 0 aliphatic carbocycles. The molecular weight excluding hydrogens is 280 g/mol. The number of hydrogen-bond acceptors (Lipinski definition) is 3. The van der Waals surface area contributed by atoms with Gasteiger partial charge in [0.15, 0.2) is 5.96 Å². The normalized spacial score (nSPS) is 12.0. The minimum Gasteiger partial charge on any atom is -0.357 e. The monoisotopic (exact) mass is 310 g/mol. The molecule has 0 saturated heterocycles. The molecule has 0 bridgehead atoms. The first-order valence-corrected chi connectivity index (χ1v) is 8.87. The second-order valence-corrected chi connectivity index (χ2v) is 6.12. The summed E-state index contributed by atoms with van der Waals surface area (Å²) in [6, 6.07) is 4.39. The first-order valence-electron chi connectivity index (χ1n) is 8.05. The van der Waals surface area contributed by atoms with Gasteiger partial charge in [0.05, 0.1) is 6.54 Å². The lowest BCUT2D eigenvalue weighted by molar-refractivity contribution is 0.308. The lowest BCUT2D eigenvalue weighted by Crippen LogP contribution is -2.41. The number of thiophene rings is 1. The number of nitrogens with zero attached hydrogens (tertiary/aromatic N) is 2. The third-order valence-corrected chi connectivity index (χ3v) is 4.63. The molecule has 0 saturated carbocycles. The highest BCUT2D eigenvalue weighted by atomic mass is 32.1. The molecule has 1 heterocycles. The molecule has 4 nitrogen and oxygen atoms in total. The van der Waals surface area contributed by atoms with E-state index in [9.17, 15) is 0 Å². The van der Waals surface area contributed by atoms with E-state index in [-0.39, 0.29) is 0 Å². The third-order valence-electron chi connectivity index (χ3n) is 3.42. The van der Waals surface area contributed by atoms with Gasteiger partial charge < -0.3 is 15.5 Å². The van der Waals surface area contributed by atoms with Crippen LogP contribution < -0.4 is 10.6 Å². The highest BCUT2D eigenvalue weighted by Gasteiger charge is 2.02. The van der Waals surface area contributed by atoms with Crippen LogP contribution in [0.25, 0.3) is 0 Å². The van der Waals surface area contributed by atoms with Gasteiger partial charge in [-0.15, -0.1) is 11.3 Å². The zero-order valence-corrected chi connectivity index (χ0v) is 14.7. The number of hydrogen-bond donors (Lipinski definition) is 2. The lowest BCUT2D eigenvalue weighted by atomic mass is 10.4. The Morgan fingerprint density at radius 1 is 1.10 bits per heavy atom. The van der Waals surface area contributed by atoms with E-state index < -0.39 is 0 Å². The van der Waals surface area contributed by atoms with Gasteiger partial charge in [0.25, 0.3) is 0 Å². The second kappa shape index (κ2) is 10.6. The van der Waals surface area contributed by atoms with Crippen molar-refractivity contribution in [1.82, 2.24) is 15.5 Å². The van der Waals surface area contributed by atoms with Crippen molar-refractivity contribution < 1.29 is 0 Å². The van der Waals surface area contributed by atoms with Gasteiger partial charge in [-0.3, -0.25) is 0 Å². The zero-order valence-electron chi connectivity index (χ0n) is 13.9. The Morgan fingerprint density at radius 3 is 2.38 bits per heavy atom. The van der Waals surface area contributed by atoms with Gasteiger partial charge in [-0.05, 0) is 38.6 Å². The summed E-state index contributed by atoms with van der Waals surface area (Å²) in [4.78, 5) is 9.83. The first kappa shape index (κ1) is 18.0. The molecule has 0 aliphatic heterocycles. The Hall–Kier alpha value is -1.07. The maximum absolute atomic E-state index is 4.67. The largest absolute Gasteiger partial charge is 0.357 e. The van der Waals surface area contributed by atoms with E-state index in [2.05, 4.69) is 60.4 Å². The number of aryl methyl sites for hydroxylation is 1. The summed E-state index contributed by atoms with van der Waals surface area (Å²) in [5.74, 6) is 0.913. The van der Waals surface area contributed by atoms with E-state index in [1.807, 2.05) is 11.3 Å². The van der Waals surface area contributed by atoms with Gasteiger partial charge in [0.2, 0.25) is 0 Å². The smallest absolute Gasteiger partial charge is 0.191 e. The van der Waals surface area contributed by atoms with E-state index in [1.54, 1.807) is 0 Å². The summed E-state index contributed by atoms with van der Waals surface area (Å²) in [5.41, 5.74) is 0. The molecule has 0 spiro atoms. The van der Waals surface area contributed by atoms with Crippen LogP contribution in [0.1, 0.15) is 37.4 Å². The molecule has 0 aromatic carbocycles. The van der Waals surface area contributed by atoms with Crippen LogP contribution in [0.4, 0.5) is 0 Å². The summed E-state index contributed by atoms with van der Waals surface area (Å²) in [7, 11) is 0. The van der Waals surface area contributed by atoms with Crippen LogP contribution in [0.15, 0.2) is 17.1 Å². The van der Waals surface area contributed by atoms with Gasteiger partial charge in [0.1, 0.15) is 0 Å². The zero-order chi connectivity index (χ0) is 15.5. The van der Waals surface area contributed by atoms with Crippen LogP contribution in [-0.4, -0.2) is 43.6 Å². The van der Waals surface area contributed by atoms with Crippen molar-refractivity contribution in [2.75, 3.05) is 32.7 Å². The highest BCUT2D eigenvalue weighted by molar-refractivity contribution is 7.11. The Balaban J connectivity index is 2.45. The van der Waals surface area contributed by atoms with Crippen LogP contribution in [-0.2, 0) is 13.0 Å². The lowest BCUT2D eigenvalue weighted by Gasteiger charge is -2.19. The van der Waals surface area contributed by atoms with Crippen molar-refractivity contribution in [3.8, 4) is 0 Å². The molecule has 120 valence electrons. The molecule has 2 N–H and O–H groups in total. The predicted molar refractivity (Wildman–Crippen MR) is 94.3 cm³/mol. The van der Waals surface area contributed by atoms with E-state index in [0.717, 1.165) is 51.6 Å². The minimum atomic E-state index is 0.755.